The Kier molecular flexibility index (Phi) is 8.01. The number of benzene rings is 2. The van der Waals surface area contributed by atoms with Crippen LogP contribution in [0.2, 0.25) is 5.02 Å². The predicted molar refractivity (Wildman–Crippen MR) is 103 cm³/mol. The summed E-state index contributed by atoms with van der Waals surface area (Å²) in [5.74, 6) is 2.98. The van der Waals surface area contributed by atoms with Gasteiger partial charge in [0.25, 0.3) is 0 Å². The van der Waals surface area contributed by atoms with Gasteiger partial charge in [-0.05, 0) is 36.9 Å². The van der Waals surface area contributed by atoms with Crippen molar-refractivity contribution in [2.24, 2.45) is 0 Å². The molecule has 0 spiro atoms. The molecule has 26 heavy (non-hydrogen) atoms. The van der Waals surface area contributed by atoms with Crippen LogP contribution in [0.3, 0.4) is 0 Å². The number of ether oxygens (including phenoxy) is 2. The highest BCUT2D eigenvalue weighted by Gasteiger charge is 2.20. The van der Waals surface area contributed by atoms with Gasteiger partial charge in [0.05, 0.1) is 19.0 Å². The number of carbonyl (C=O) groups excluding carboxylic acids is 1. The van der Waals surface area contributed by atoms with Gasteiger partial charge in [0.15, 0.2) is 0 Å². The predicted octanol–water partition coefficient (Wildman–Crippen LogP) is 3.79. The lowest BCUT2D eigenvalue weighted by molar-refractivity contribution is -0.146. The highest BCUT2D eigenvalue weighted by molar-refractivity contribution is 6.30. The van der Waals surface area contributed by atoms with Crippen LogP contribution < -0.4 is 4.74 Å². The maximum absolute atomic E-state index is 12.2. The Hall–Kier alpha value is -2.48. The SMILES string of the molecule is C#CCN(C)C(COc1ccc(Cl)cc1)CC(=O)OCc1ccccc1. The molecule has 0 aromatic heterocycles. The van der Waals surface area contributed by atoms with Gasteiger partial charge in [0, 0.05) is 5.02 Å². The second kappa shape index (κ2) is 10.5. The van der Waals surface area contributed by atoms with Crippen LogP contribution in [-0.4, -0.2) is 37.1 Å². The minimum atomic E-state index is -0.289. The second-order valence-electron chi connectivity index (χ2n) is 5.89. The van der Waals surface area contributed by atoms with Gasteiger partial charge in [-0.15, -0.1) is 6.42 Å². The van der Waals surface area contributed by atoms with Gasteiger partial charge in [-0.25, -0.2) is 0 Å². The third-order valence-electron chi connectivity index (χ3n) is 3.86. The highest BCUT2D eigenvalue weighted by Crippen LogP contribution is 2.17. The highest BCUT2D eigenvalue weighted by atomic mass is 35.5. The van der Waals surface area contributed by atoms with Gasteiger partial charge >= 0.3 is 5.97 Å². The molecule has 0 fully saturated rings. The Morgan fingerprint density at radius 1 is 1.19 bits per heavy atom. The molecule has 4 nitrogen and oxygen atoms in total. The summed E-state index contributed by atoms with van der Waals surface area (Å²) in [5.41, 5.74) is 0.951. The van der Waals surface area contributed by atoms with Crippen molar-refractivity contribution in [3.63, 3.8) is 0 Å². The number of esters is 1. The van der Waals surface area contributed by atoms with Crippen LogP contribution in [0.5, 0.6) is 5.75 Å². The topological polar surface area (TPSA) is 38.8 Å². The Labute approximate surface area is 159 Å². The number of hydrogen-bond acceptors (Lipinski definition) is 4. The molecule has 2 aromatic carbocycles. The van der Waals surface area contributed by atoms with Crippen molar-refractivity contribution in [3.8, 4) is 18.1 Å². The minimum absolute atomic E-state index is 0.190. The molecule has 0 aliphatic rings. The first-order valence-corrected chi connectivity index (χ1v) is 8.68. The van der Waals surface area contributed by atoms with E-state index in [1.165, 1.54) is 0 Å². The van der Waals surface area contributed by atoms with Crippen LogP contribution in [0.1, 0.15) is 12.0 Å². The van der Waals surface area contributed by atoms with Gasteiger partial charge in [-0.2, -0.15) is 0 Å². The molecule has 5 heteroatoms. The third kappa shape index (κ3) is 6.79. The summed E-state index contributed by atoms with van der Waals surface area (Å²) in [4.78, 5) is 14.1. The van der Waals surface area contributed by atoms with Crippen molar-refractivity contribution in [1.82, 2.24) is 4.90 Å². The zero-order valence-electron chi connectivity index (χ0n) is 14.7. The summed E-state index contributed by atoms with van der Waals surface area (Å²) >= 11 is 5.87. The fourth-order valence-electron chi connectivity index (χ4n) is 2.33. The molecule has 0 aliphatic carbocycles. The Morgan fingerprint density at radius 2 is 1.88 bits per heavy atom. The van der Waals surface area contributed by atoms with Crippen molar-refractivity contribution in [3.05, 3.63) is 65.2 Å². The lowest BCUT2D eigenvalue weighted by Crippen LogP contribution is -2.39. The lowest BCUT2D eigenvalue weighted by Gasteiger charge is -2.25. The van der Waals surface area contributed by atoms with E-state index in [0.717, 1.165) is 5.56 Å². The molecule has 2 rings (SSSR count). The maximum Gasteiger partial charge on any atom is 0.307 e. The van der Waals surface area contributed by atoms with Crippen molar-refractivity contribution >= 4 is 17.6 Å². The summed E-state index contributed by atoms with van der Waals surface area (Å²) in [5, 5.41) is 0.642. The summed E-state index contributed by atoms with van der Waals surface area (Å²) in [6, 6.07) is 16.5. The monoisotopic (exact) mass is 371 g/mol. The molecular weight excluding hydrogens is 350 g/mol. The van der Waals surface area contributed by atoms with Gasteiger partial charge < -0.3 is 9.47 Å². The fourth-order valence-corrected chi connectivity index (χ4v) is 2.45. The lowest BCUT2D eigenvalue weighted by atomic mass is 10.2. The molecule has 0 amide bonds. The molecule has 0 saturated heterocycles. The van der Waals surface area contributed by atoms with Crippen molar-refractivity contribution in [1.29, 1.82) is 0 Å². The van der Waals surface area contributed by atoms with Crippen LogP contribution in [0.25, 0.3) is 0 Å². The van der Waals surface area contributed by atoms with E-state index in [-0.39, 0.29) is 25.0 Å². The van der Waals surface area contributed by atoms with E-state index in [1.807, 2.05) is 42.3 Å². The minimum Gasteiger partial charge on any atom is -0.492 e. The smallest absolute Gasteiger partial charge is 0.307 e. The summed E-state index contributed by atoms with van der Waals surface area (Å²) in [7, 11) is 1.86. The average molecular weight is 372 g/mol. The summed E-state index contributed by atoms with van der Waals surface area (Å²) < 4.78 is 11.1. The van der Waals surface area contributed by atoms with E-state index >= 15 is 0 Å². The van der Waals surface area contributed by atoms with E-state index in [2.05, 4.69) is 5.92 Å². The molecule has 0 saturated carbocycles. The van der Waals surface area contributed by atoms with Crippen LogP contribution in [0, 0.1) is 12.3 Å². The van der Waals surface area contributed by atoms with Gasteiger partial charge in [-0.1, -0.05) is 47.9 Å². The average Bonchev–Trinajstić information content (AvgIpc) is 2.65. The molecule has 0 bridgehead atoms. The number of rotatable bonds is 9. The number of terminal acetylenes is 1. The standard InChI is InChI=1S/C21H22ClNO3/c1-3-13-23(2)19(16-25-20-11-9-18(22)10-12-20)14-21(24)26-15-17-7-5-4-6-8-17/h1,4-12,19H,13-16H2,2H3. The molecule has 0 radical (unpaired) electrons. The van der Waals surface area contributed by atoms with Crippen LogP contribution >= 0.6 is 11.6 Å². The van der Waals surface area contributed by atoms with Gasteiger partial charge in [0.2, 0.25) is 0 Å². The third-order valence-corrected chi connectivity index (χ3v) is 4.12. The molecule has 136 valence electrons. The number of likely N-dealkylation sites (N-methyl/N-ethyl adjacent to an activating group) is 1. The molecule has 0 heterocycles. The van der Waals surface area contributed by atoms with E-state index < -0.39 is 0 Å². The number of halogens is 1. The second-order valence-corrected chi connectivity index (χ2v) is 6.32. The van der Waals surface area contributed by atoms with Crippen LogP contribution in [0.15, 0.2) is 54.6 Å². The molecular formula is C21H22ClNO3. The van der Waals surface area contributed by atoms with Crippen molar-refractivity contribution in [2.45, 2.75) is 19.1 Å². The van der Waals surface area contributed by atoms with E-state index in [1.54, 1.807) is 24.3 Å². The molecule has 2 aromatic rings. The van der Waals surface area contributed by atoms with Crippen molar-refractivity contribution < 1.29 is 14.3 Å². The van der Waals surface area contributed by atoms with E-state index in [4.69, 9.17) is 27.5 Å². The normalized spacial score (nSPS) is 11.6. The zero-order valence-corrected chi connectivity index (χ0v) is 15.5. The summed E-state index contributed by atoms with van der Waals surface area (Å²) in [6.07, 6.45) is 5.59. The van der Waals surface area contributed by atoms with E-state index in [0.29, 0.717) is 23.9 Å². The molecule has 1 unspecified atom stereocenters. The molecule has 0 N–H and O–H groups in total. The first-order chi connectivity index (χ1) is 12.6. The Bertz CT molecular complexity index is 725. The van der Waals surface area contributed by atoms with Gasteiger partial charge in [0.1, 0.15) is 19.0 Å². The summed E-state index contributed by atoms with van der Waals surface area (Å²) in [6.45, 7) is 0.990. The Balaban J connectivity index is 1.89. The maximum atomic E-state index is 12.2. The first-order valence-electron chi connectivity index (χ1n) is 8.30. The Morgan fingerprint density at radius 3 is 2.54 bits per heavy atom. The number of carbonyl (C=O) groups is 1. The van der Waals surface area contributed by atoms with Crippen LogP contribution in [-0.2, 0) is 16.1 Å². The molecule has 0 aliphatic heterocycles. The van der Waals surface area contributed by atoms with Gasteiger partial charge in [-0.3, -0.25) is 9.69 Å². The van der Waals surface area contributed by atoms with Crippen LogP contribution in [0.4, 0.5) is 0 Å². The fraction of sp³-hybridized carbons (Fsp3) is 0.286. The largest absolute Gasteiger partial charge is 0.492 e. The number of hydrogen-bond donors (Lipinski definition) is 0. The van der Waals surface area contributed by atoms with Crippen molar-refractivity contribution in [2.75, 3.05) is 20.2 Å². The van der Waals surface area contributed by atoms with E-state index in [9.17, 15) is 4.79 Å². The molecule has 1 atom stereocenters. The first kappa shape index (κ1) is 19.8. The zero-order chi connectivity index (χ0) is 18.8. The quantitative estimate of drug-likeness (QED) is 0.496. The number of nitrogens with zero attached hydrogens (tertiary/aromatic N) is 1.